The lowest BCUT2D eigenvalue weighted by molar-refractivity contribution is 0.117. The van der Waals surface area contributed by atoms with Crippen LogP contribution in [0, 0.1) is 0 Å². The highest BCUT2D eigenvalue weighted by atomic mass is 16.5. The highest BCUT2D eigenvalue weighted by Crippen LogP contribution is 2.31. The van der Waals surface area contributed by atoms with Crippen LogP contribution in [0.4, 0.5) is 0 Å². The zero-order valence-corrected chi connectivity index (χ0v) is 11.5. The predicted molar refractivity (Wildman–Crippen MR) is 76.1 cm³/mol. The first-order valence-corrected chi connectivity index (χ1v) is 7.28. The molecule has 0 radical (unpaired) electrons. The summed E-state index contributed by atoms with van der Waals surface area (Å²) >= 11 is 0. The zero-order chi connectivity index (χ0) is 12.6. The van der Waals surface area contributed by atoms with Crippen molar-refractivity contribution in [1.29, 1.82) is 0 Å². The molecule has 1 aliphatic carbocycles. The molecule has 0 aromatic heterocycles. The predicted octanol–water partition coefficient (Wildman–Crippen LogP) is 3.12. The number of aryl methyl sites for hydroxylation is 1. The molecule has 1 unspecified atom stereocenters. The molecule has 0 fully saturated rings. The second kappa shape index (κ2) is 7.55. The van der Waals surface area contributed by atoms with E-state index in [2.05, 4.69) is 36.5 Å². The van der Waals surface area contributed by atoms with Crippen LogP contribution in [0.3, 0.4) is 0 Å². The van der Waals surface area contributed by atoms with Gasteiger partial charge in [-0.15, -0.1) is 0 Å². The maximum absolute atomic E-state index is 5.81. The van der Waals surface area contributed by atoms with Crippen molar-refractivity contribution in [2.75, 3.05) is 26.3 Å². The van der Waals surface area contributed by atoms with Crippen LogP contribution in [0.25, 0.3) is 0 Å². The third-order valence-corrected chi connectivity index (χ3v) is 3.66. The van der Waals surface area contributed by atoms with Crippen LogP contribution in [-0.2, 0) is 11.2 Å². The molecular weight excluding hydrogens is 222 g/mol. The molecule has 0 heterocycles. The van der Waals surface area contributed by atoms with Crippen LogP contribution < -0.4 is 5.32 Å². The van der Waals surface area contributed by atoms with Gasteiger partial charge < -0.3 is 10.1 Å². The summed E-state index contributed by atoms with van der Waals surface area (Å²) in [7, 11) is 0. The van der Waals surface area contributed by atoms with E-state index < -0.39 is 0 Å². The lowest BCUT2D eigenvalue weighted by Crippen LogP contribution is -2.22. The molecule has 2 rings (SSSR count). The van der Waals surface area contributed by atoms with Crippen molar-refractivity contribution >= 4 is 0 Å². The minimum atomic E-state index is 0.612. The quantitative estimate of drug-likeness (QED) is 0.747. The van der Waals surface area contributed by atoms with Crippen molar-refractivity contribution in [2.24, 2.45) is 0 Å². The number of rotatable bonds is 7. The Morgan fingerprint density at radius 3 is 3.06 bits per heavy atom. The Bertz CT molecular complexity index is 351. The fourth-order valence-electron chi connectivity index (χ4n) is 2.70. The number of ether oxygens (including phenoxy) is 1. The van der Waals surface area contributed by atoms with Crippen molar-refractivity contribution in [3.05, 3.63) is 35.4 Å². The Morgan fingerprint density at radius 2 is 2.17 bits per heavy atom. The molecule has 100 valence electrons. The third-order valence-electron chi connectivity index (χ3n) is 3.66. The summed E-state index contributed by atoms with van der Waals surface area (Å²) in [5.41, 5.74) is 3.05. The van der Waals surface area contributed by atoms with Crippen LogP contribution in [-0.4, -0.2) is 26.3 Å². The van der Waals surface area contributed by atoms with E-state index in [0.29, 0.717) is 5.92 Å². The fourth-order valence-corrected chi connectivity index (χ4v) is 2.70. The molecule has 1 atom stereocenters. The van der Waals surface area contributed by atoms with Gasteiger partial charge in [-0.05, 0) is 43.4 Å². The molecule has 2 heteroatoms. The van der Waals surface area contributed by atoms with Gasteiger partial charge in [-0.2, -0.15) is 0 Å². The number of benzene rings is 1. The van der Waals surface area contributed by atoms with E-state index in [1.54, 1.807) is 0 Å². The number of nitrogens with one attached hydrogen (secondary N) is 1. The minimum absolute atomic E-state index is 0.612. The Balaban J connectivity index is 1.74. The average molecular weight is 247 g/mol. The van der Waals surface area contributed by atoms with Gasteiger partial charge in [0.15, 0.2) is 0 Å². The smallest absolute Gasteiger partial charge is 0.0591 e. The van der Waals surface area contributed by atoms with E-state index >= 15 is 0 Å². The van der Waals surface area contributed by atoms with Crippen LogP contribution >= 0.6 is 0 Å². The normalized spacial score (nSPS) is 18.6. The van der Waals surface area contributed by atoms with E-state index in [-0.39, 0.29) is 0 Å². The number of fused-ring (bicyclic) bond motifs is 1. The van der Waals surface area contributed by atoms with E-state index in [4.69, 9.17) is 4.74 Å². The van der Waals surface area contributed by atoms with E-state index in [9.17, 15) is 0 Å². The monoisotopic (exact) mass is 247 g/mol. The van der Waals surface area contributed by atoms with Gasteiger partial charge >= 0.3 is 0 Å². The Hall–Kier alpha value is -0.860. The molecule has 0 saturated carbocycles. The van der Waals surface area contributed by atoms with Gasteiger partial charge in [-0.25, -0.2) is 0 Å². The topological polar surface area (TPSA) is 21.3 Å². The van der Waals surface area contributed by atoms with E-state index in [1.165, 1.54) is 36.8 Å². The Kier molecular flexibility index (Phi) is 5.69. The Labute approximate surface area is 111 Å². The molecule has 18 heavy (non-hydrogen) atoms. The maximum Gasteiger partial charge on any atom is 0.0591 e. The summed E-state index contributed by atoms with van der Waals surface area (Å²) in [6.45, 7) is 5.97. The van der Waals surface area contributed by atoms with Gasteiger partial charge in [0.05, 0.1) is 13.2 Å². The lowest BCUT2D eigenvalue weighted by Gasteiger charge is -2.25. The van der Waals surface area contributed by atoms with Crippen molar-refractivity contribution in [2.45, 2.75) is 38.5 Å². The van der Waals surface area contributed by atoms with Crippen molar-refractivity contribution in [3.8, 4) is 0 Å². The first-order valence-electron chi connectivity index (χ1n) is 7.28. The second-order valence-electron chi connectivity index (χ2n) is 5.11. The molecule has 1 aliphatic rings. The molecule has 1 aromatic rings. The zero-order valence-electron chi connectivity index (χ0n) is 11.5. The Morgan fingerprint density at radius 1 is 1.28 bits per heavy atom. The highest BCUT2D eigenvalue weighted by Gasteiger charge is 2.19. The van der Waals surface area contributed by atoms with Gasteiger partial charge in [0.1, 0.15) is 0 Å². The molecule has 0 saturated heterocycles. The fraction of sp³-hybridized carbons (Fsp3) is 0.625. The van der Waals surface area contributed by atoms with Crippen LogP contribution in [0.2, 0.25) is 0 Å². The van der Waals surface area contributed by atoms with E-state index in [1.807, 2.05) is 0 Å². The maximum atomic E-state index is 5.81. The number of hydrogen-bond donors (Lipinski definition) is 1. The molecule has 1 N–H and O–H groups in total. The number of hydrogen-bond acceptors (Lipinski definition) is 2. The first kappa shape index (κ1) is 13.6. The van der Waals surface area contributed by atoms with Gasteiger partial charge in [-0.3, -0.25) is 0 Å². The highest BCUT2D eigenvalue weighted by molar-refractivity contribution is 5.32. The standard InChI is InChI=1S/C16H25NO/c1-2-10-17-11-12-18-13-15-8-5-7-14-6-3-4-9-16(14)15/h3-4,6,9,15,17H,2,5,7-8,10-13H2,1H3. The van der Waals surface area contributed by atoms with Crippen LogP contribution in [0.5, 0.6) is 0 Å². The van der Waals surface area contributed by atoms with Gasteiger partial charge in [0.2, 0.25) is 0 Å². The van der Waals surface area contributed by atoms with Crippen LogP contribution in [0.15, 0.2) is 24.3 Å². The van der Waals surface area contributed by atoms with Crippen molar-refractivity contribution < 1.29 is 4.74 Å². The summed E-state index contributed by atoms with van der Waals surface area (Å²) in [6, 6.07) is 8.85. The van der Waals surface area contributed by atoms with Crippen molar-refractivity contribution in [3.63, 3.8) is 0 Å². The molecule has 0 aliphatic heterocycles. The van der Waals surface area contributed by atoms with Gasteiger partial charge in [0, 0.05) is 12.5 Å². The summed E-state index contributed by atoms with van der Waals surface area (Å²) < 4.78 is 5.81. The molecular formula is C16H25NO. The third kappa shape index (κ3) is 3.82. The van der Waals surface area contributed by atoms with E-state index in [0.717, 1.165) is 26.3 Å². The largest absolute Gasteiger partial charge is 0.379 e. The van der Waals surface area contributed by atoms with Gasteiger partial charge in [0.25, 0.3) is 0 Å². The molecule has 0 amide bonds. The second-order valence-corrected chi connectivity index (χ2v) is 5.11. The summed E-state index contributed by atoms with van der Waals surface area (Å²) in [5.74, 6) is 0.612. The minimum Gasteiger partial charge on any atom is -0.379 e. The summed E-state index contributed by atoms with van der Waals surface area (Å²) in [6.07, 6.45) is 5.01. The lowest BCUT2D eigenvalue weighted by atomic mass is 9.83. The molecule has 0 spiro atoms. The van der Waals surface area contributed by atoms with Gasteiger partial charge in [-0.1, -0.05) is 31.2 Å². The van der Waals surface area contributed by atoms with Crippen LogP contribution in [0.1, 0.15) is 43.2 Å². The molecule has 0 bridgehead atoms. The first-order chi connectivity index (χ1) is 8.92. The average Bonchev–Trinajstić information content (AvgIpc) is 2.43. The summed E-state index contributed by atoms with van der Waals surface area (Å²) in [4.78, 5) is 0. The molecule has 1 aromatic carbocycles. The molecule has 2 nitrogen and oxygen atoms in total. The van der Waals surface area contributed by atoms with Crippen molar-refractivity contribution in [1.82, 2.24) is 5.32 Å². The SMILES string of the molecule is CCCNCCOCC1CCCc2ccccc21. The summed E-state index contributed by atoms with van der Waals surface area (Å²) in [5, 5.41) is 3.37.